The largest absolute Gasteiger partial charge is 0.444 e. The van der Waals surface area contributed by atoms with E-state index in [0.717, 1.165) is 16.0 Å². The number of hydrogen-bond acceptors (Lipinski definition) is 6. The summed E-state index contributed by atoms with van der Waals surface area (Å²) >= 11 is 0. The number of aliphatic hydroxyl groups is 1. The van der Waals surface area contributed by atoms with Crippen LogP contribution in [0.25, 0.3) is 0 Å². The molecule has 200 valence electrons. The van der Waals surface area contributed by atoms with Gasteiger partial charge in [-0.2, -0.15) is 0 Å². The monoisotopic (exact) mass is 512 g/mol. The summed E-state index contributed by atoms with van der Waals surface area (Å²) in [6, 6.07) is 11.6. The molecule has 0 aliphatic heterocycles. The zero-order valence-corrected chi connectivity index (χ0v) is 21.9. The third kappa shape index (κ3) is 8.60. The molecular weight excluding hydrogens is 476 g/mol. The molecule has 0 radical (unpaired) electrons. The first-order valence-electron chi connectivity index (χ1n) is 11.9. The number of aliphatic hydroxyl groups excluding tert-OH is 1. The molecule has 0 aromatic heterocycles. The molecule has 10 nitrogen and oxygen atoms in total. The second kappa shape index (κ2) is 12.9. The first-order valence-corrected chi connectivity index (χ1v) is 11.9. The third-order valence-corrected chi connectivity index (χ3v) is 5.46. The summed E-state index contributed by atoms with van der Waals surface area (Å²) in [5.74, 6) is -2.14. The number of hydrogen-bond donors (Lipinski definition) is 4. The van der Waals surface area contributed by atoms with Crippen molar-refractivity contribution in [2.75, 3.05) is 18.5 Å². The fourth-order valence-electron chi connectivity index (χ4n) is 3.78. The predicted octanol–water partition coefficient (Wildman–Crippen LogP) is 2.57. The Morgan fingerprint density at radius 1 is 1.00 bits per heavy atom. The SMILES string of the molecule is Cc1ccccc1NC(=O)C(c1ccccc1C)N(CCO)C(=O)C(CC(N)=O)NC(=O)OC(C)(C)C. The van der Waals surface area contributed by atoms with E-state index in [0.29, 0.717) is 11.3 Å². The third-order valence-electron chi connectivity index (χ3n) is 5.46. The minimum absolute atomic E-state index is 0.246. The lowest BCUT2D eigenvalue weighted by molar-refractivity contribution is -0.142. The van der Waals surface area contributed by atoms with Gasteiger partial charge in [-0.05, 0) is 57.4 Å². The number of primary amides is 1. The van der Waals surface area contributed by atoms with Crippen molar-refractivity contribution in [3.8, 4) is 0 Å². The maximum Gasteiger partial charge on any atom is 0.408 e. The Hall–Kier alpha value is -3.92. The lowest BCUT2D eigenvalue weighted by Gasteiger charge is -2.34. The molecule has 2 unspecified atom stereocenters. The summed E-state index contributed by atoms with van der Waals surface area (Å²) in [6.45, 7) is 7.87. The Labute approximate surface area is 217 Å². The number of amides is 4. The Kier molecular flexibility index (Phi) is 10.2. The van der Waals surface area contributed by atoms with E-state index in [-0.39, 0.29) is 6.54 Å². The van der Waals surface area contributed by atoms with Gasteiger partial charge in [-0.1, -0.05) is 42.5 Å². The van der Waals surface area contributed by atoms with Crippen LogP contribution in [-0.2, 0) is 19.1 Å². The number of carbonyl (C=O) groups excluding carboxylic acids is 4. The van der Waals surface area contributed by atoms with Gasteiger partial charge in [0.05, 0.1) is 13.0 Å². The maximum atomic E-state index is 13.8. The topological polar surface area (TPSA) is 151 Å². The number of carbonyl (C=O) groups is 4. The molecule has 0 saturated carbocycles. The van der Waals surface area contributed by atoms with Gasteiger partial charge < -0.3 is 31.1 Å². The normalized spacial score (nSPS) is 12.7. The van der Waals surface area contributed by atoms with Gasteiger partial charge in [0.1, 0.15) is 17.7 Å². The van der Waals surface area contributed by atoms with Gasteiger partial charge in [0.25, 0.3) is 5.91 Å². The molecule has 0 saturated heterocycles. The van der Waals surface area contributed by atoms with Gasteiger partial charge >= 0.3 is 6.09 Å². The van der Waals surface area contributed by atoms with E-state index in [9.17, 15) is 24.3 Å². The zero-order valence-electron chi connectivity index (χ0n) is 21.9. The van der Waals surface area contributed by atoms with Crippen LogP contribution < -0.4 is 16.4 Å². The van der Waals surface area contributed by atoms with Crippen LogP contribution in [0.3, 0.4) is 0 Å². The van der Waals surface area contributed by atoms with Crippen molar-refractivity contribution in [2.24, 2.45) is 5.73 Å². The van der Waals surface area contributed by atoms with Crippen LogP contribution in [0.2, 0.25) is 0 Å². The van der Waals surface area contributed by atoms with Crippen molar-refractivity contribution in [1.82, 2.24) is 10.2 Å². The van der Waals surface area contributed by atoms with Crippen LogP contribution in [0.1, 0.15) is 49.9 Å². The maximum absolute atomic E-state index is 13.8. The molecule has 5 N–H and O–H groups in total. The average Bonchev–Trinajstić information content (AvgIpc) is 2.79. The van der Waals surface area contributed by atoms with Crippen molar-refractivity contribution in [3.63, 3.8) is 0 Å². The van der Waals surface area contributed by atoms with Crippen LogP contribution >= 0.6 is 0 Å². The predicted molar refractivity (Wildman–Crippen MR) is 139 cm³/mol. The molecule has 2 aromatic carbocycles. The summed E-state index contributed by atoms with van der Waals surface area (Å²) in [5, 5.41) is 15.1. The highest BCUT2D eigenvalue weighted by molar-refractivity contribution is 6.00. The average molecular weight is 513 g/mol. The van der Waals surface area contributed by atoms with Gasteiger partial charge in [-0.15, -0.1) is 0 Å². The summed E-state index contributed by atoms with van der Waals surface area (Å²) in [7, 11) is 0. The Balaban J connectivity index is 2.52. The number of alkyl carbamates (subject to hydrolysis) is 1. The number of anilines is 1. The van der Waals surface area contributed by atoms with Crippen LogP contribution in [-0.4, -0.2) is 58.6 Å². The quantitative estimate of drug-likeness (QED) is 0.384. The molecule has 37 heavy (non-hydrogen) atoms. The van der Waals surface area contributed by atoms with E-state index in [4.69, 9.17) is 10.5 Å². The number of para-hydroxylation sites is 1. The number of benzene rings is 2. The minimum Gasteiger partial charge on any atom is -0.444 e. The molecule has 4 amide bonds. The summed E-state index contributed by atoms with van der Waals surface area (Å²) in [6.07, 6.45) is -1.45. The van der Waals surface area contributed by atoms with Gasteiger partial charge in [0.15, 0.2) is 0 Å². The smallest absolute Gasteiger partial charge is 0.408 e. The fourth-order valence-corrected chi connectivity index (χ4v) is 3.78. The van der Waals surface area contributed by atoms with E-state index < -0.39 is 54.5 Å². The molecule has 0 aliphatic rings. The van der Waals surface area contributed by atoms with Crippen molar-refractivity contribution in [3.05, 3.63) is 65.2 Å². The second-order valence-electron chi connectivity index (χ2n) is 9.69. The highest BCUT2D eigenvalue weighted by Gasteiger charge is 2.37. The number of rotatable bonds is 10. The van der Waals surface area contributed by atoms with Crippen molar-refractivity contribution in [2.45, 2.75) is 58.7 Å². The Morgan fingerprint density at radius 2 is 1.59 bits per heavy atom. The van der Waals surface area contributed by atoms with E-state index in [1.54, 1.807) is 64.1 Å². The lowest BCUT2D eigenvalue weighted by Crippen LogP contribution is -2.54. The lowest BCUT2D eigenvalue weighted by atomic mass is 9.97. The number of nitrogens with two attached hydrogens (primary N) is 1. The van der Waals surface area contributed by atoms with Gasteiger partial charge in [-0.25, -0.2) is 4.79 Å². The number of nitrogens with one attached hydrogen (secondary N) is 2. The molecule has 10 heteroatoms. The van der Waals surface area contributed by atoms with Crippen LogP contribution in [0.15, 0.2) is 48.5 Å². The van der Waals surface area contributed by atoms with E-state index >= 15 is 0 Å². The Morgan fingerprint density at radius 3 is 2.14 bits per heavy atom. The Bertz CT molecular complexity index is 1130. The summed E-state index contributed by atoms with van der Waals surface area (Å²) in [4.78, 5) is 52.9. The second-order valence-corrected chi connectivity index (χ2v) is 9.69. The van der Waals surface area contributed by atoms with E-state index in [2.05, 4.69) is 10.6 Å². The molecule has 0 spiro atoms. The highest BCUT2D eigenvalue weighted by Crippen LogP contribution is 2.27. The molecule has 2 atom stereocenters. The highest BCUT2D eigenvalue weighted by atomic mass is 16.6. The molecule has 0 aliphatic carbocycles. The number of ether oxygens (including phenoxy) is 1. The van der Waals surface area contributed by atoms with Gasteiger partial charge in [-0.3, -0.25) is 14.4 Å². The van der Waals surface area contributed by atoms with Gasteiger partial charge in [0, 0.05) is 12.2 Å². The molecule has 0 heterocycles. The molecule has 2 rings (SSSR count). The van der Waals surface area contributed by atoms with Crippen molar-refractivity contribution in [1.29, 1.82) is 0 Å². The van der Waals surface area contributed by atoms with E-state index in [1.807, 2.05) is 19.1 Å². The molecule has 0 bridgehead atoms. The zero-order chi connectivity index (χ0) is 27.8. The van der Waals surface area contributed by atoms with Crippen molar-refractivity contribution < 1.29 is 29.0 Å². The van der Waals surface area contributed by atoms with Crippen LogP contribution in [0, 0.1) is 13.8 Å². The van der Waals surface area contributed by atoms with Gasteiger partial charge in [0.2, 0.25) is 11.8 Å². The first-order chi connectivity index (χ1) is 17.3. The number of nitrogens with zero attached hydrogens (tertiary/aromatic N) is 1. The summed E-state index contributed by atoms with van der Waals surface area (Å²) < 4.78 is 5.24. The van der Waals surface area contributed by atoms with Crippen LogP contribution in [0.5, 0.6) is 0 Å². The van der Waals surface area contributed by atoms with E-state index in [1.165, 1.54) is 0 Å². The van der Waals surface area contributed by atoms with Crippen LogP contribution in [0.4, 0.5) is 10.5 Å². The fraction of sp³-hybridized carbons (Fsp3) is 0.407. The summed E-state index contributed by atoms with van der Waals surface area (Å²) in [5.41, 5.74) is 7.14. The molecule has 2 aromatic rings. The van der Waals surface area contributed by atoms with Crippen molar-refractivity contribution >= 4 is 29.5 Å². The first kappa shape index (κ1) is 29.3. The molecular formula is C27H36N4O6. The standard InChI is InChI=1S/C27H36N4O6/c1-17-10-6-8-12-19(17)23(24(34)29-20-13-9-7-11-18(20)2)31(14-15-32)25(35)21(16-22(28)33)30-26(36)37-27(3,4)5/h6-13,21,23,32H,14-16H2,1-5H3,(H2,28,33)(H,29,34)(H,30,36). The number of aryl methyl sites for hydroxylation is 2. The molecule has 0 fully saturated rings. The minimum atomic E-state index is -1.42.